The van der Waals surface area contributed by atoms with E-state index in [0.29, 0.717) is 10.4 Å². The molecule has 2 aliphatic rings. The van der Waals surface area contributed by atoms with Crippen molar-refractivity contribution >= 4 is 22.9 Å². The fourth-order valence-corrected chi connectivity index (χ4v) is 3.14. The van der Waals surface area contributed by atoms with Gasteiger partial charge in [-0.2, -0.15) is 0 Å². The van der Waals surface area contributed by atoms with Crippen molar-refractivity contribution in [2.75, 3.05) is 11.9 Å². The van der Waals surface area contributed by atoms with Crippen molar-refractivity contribution < 1.29 is 0 Å². The Kier molecular flexibility index (Phi) is 2.81. The minimum Gasteiger partial charge on any atom is -0.389 e. The number of benzene rings is 1. The largest absolute Gasteiger partial charge is 0.389 e. The van der Waals surface area contributed by atoms with Crippen LogP contribution >= 0.6 is 12.2 Å². The van der Waals surface area contributed by atoms with Gasteiger partial charge in [0.05, 0.1) is 0 Å². The molecule has 18 heavy (non-hydrogen) atoms. The van der Waals surface area contributed by atoms with E-state index in [-0.39, 0.29) is 0 Å². The van der Waals surface area contributed by atoms with Gasteiger partial charge in [-0.3, -0.25) is 0 Å². The standard InChI is InChI=1S/C15H20N2S/c1-10-8-12(4-5-13(10)14(16)18)17-9-15(6-7-15)11-2-3-11/h4-5,8,11,17H,2-3,6-7,9H2,1H3,(H2,16,18). The summed E-state index contributed by atoms with van der Waals surface area (Å²) >= 11 is 5.03. The molecular weight excluding hydrogens is 240 g/mol. The zero-order valence-corrected chi connectivity index (χ0v) is 11.6. The van der Waals surface area contributed by atoms with Gasteiger partial charge >= 0.3 is 0 Å². The van der Waals surface area contributed by atoms with E-state index >= 15 is 0 Å². The van der Waals surface area contributed by atoms with Crippen molar-refractivity contribution in [3.8, 4) is 0 Å². The van der Waals surface area contributed by atoms with Crippen molar-refractivity contribution in [3.63, 3.8) is 0 Å². The Balaban J connectivity index is 1.66. The number of anilines is 1. The fraction of sp³-hybridized carbons (Fsp3) is 0.533. The lowest BCUT2D eigenvalue weighted by molar-refractivity contribution is 0.467. The van der Waals surface area contributed by atoms with Crippen LogP contribution in [0.5, 0.6) is 0 Å². The zero-order chi connectivity index (χ0) is 12.8. The van der Waals surface area contributed by atoms with E-state index in [2.05, 4.69) is 24.4 Å². The number of hydrogen-bond acceptors (Lipinski definition) is 2. The molecule has 0 unspecified atom stereocenters. The van der Waals surface area contributed by atoms with Crippen molar-refractivity contribution in [3.05, 3.63) is 29.3 Å². The van der Waals surface area contributed by atoms with E-state index in [0.717, 1.165) is 23.6 Å². The lowest BCUT2D eigenvalue weighted by Gasteiger charge is -2.17. The quantitative estimate of drug-likeness (QED) is 0.798. The highest BCUT2D eigenvalue weighted by Crippen LogP contribution is 2.61. The third-order valence-electron chi connectivity index (χ3n) is 4.47. The third-order valence-corrected chi connectivity index (χ3v) is 4.69. The molecule has 0 heterocycles. The van der Waals surface area contributed by atoms with E-state index in [1.165, 1.54) is 31.4 Å². The van der Waals surface area contributed by atoms with E-state index in [1.54, 1.807) is 0 Å². The Morgan fingerprint density at radius 2 is 2.17 bits per heavy atom. The summed E-state index contributed by atoms with van der Waals surface area (Å²) in [5, 5.41) is 3.59. The Hall–Kier alpha value is -1.09. The van der Waals surface area contributed by atoms with Gasteiger partial charge in [-0.25, -0.2) is 0 Å². The first-order valence-corrected chi connectivity index (χ1v) is 7.16. The number of nitrogens with two attached hydrogens (primary N) is 1. The SMILES string of the molecule is Cc1cc(NCC2(C3CC3)CC2)ccc1C(N)=S. The summed E-state index contributed by atoms with van der Waals surface area (Å²) in [6, 6.07) is 6.26. The maximum atomic E-state index is 5.68. The molecule has 2 nitrogen and oxygen atoms in total. The molecule has 2 fully saturated rings. The average molecular weight is 260 g/mol. The molecule has 0 atom stereocenters. The monoisotopic (exact) mass is 260 g/mol. The van der Waals surface area contributed by atoms with Crippen LogP contribution in [0.4, 0.5) is 5.69 Å². The average Bonchev–Trinajstić information content (AvgIpc) is 3.17. The molecule has 1 aromatic rings. The Morgan fingerprint density at radius 1 is 1.44 bits per heavy atom. The van der Waals surface area contributed by atoms with Crippen molar-refractivity contribution in [2.45, 2.75) is 32.6 Å². The van der Waals surface area contributed by atoms with E-state index < -0.39 is 0 Å². The van der Waals surface area contributed by atoms with Crippen LogP contribution in [0.15, 0.2) is 18.2 Å². The van der Waals surface area contributed by atoms with Crippen LogP contribution < -0.4 is 11.1 Å². The zero-order valence-electron chi connectivity index (χ0n) is 10.8. The molecule has 96 valence electrons. The molecule has 3 N–H and O–H groups in total. The molecule has 2 aliphatic carbocycles. The highest BCUT2D eigenvalue weighted by molar-refractivity contribution is 7.80. The number of hydrogen-bond donors (Lipinski definition) is 2. The molecule has 0 bridgehead atoms. The van der Waals surface area contributed by atoms with Gasteiger partial charge in [0.2, 0.25) is 0 Å². The van der Waals surface area contributed by atoms with E-state index in [4.69, 9.17) is 18.0 Å². The van der Waals surface area contributed by atoms with Gasteiger partial charge in [0.15, 0.2) is 0 Å². The molecule has 0 radical (unpaired) electrons. The molecule has 0 aromatic heterocycles. The third kappa shape index (κ3) is 2.24. The maximum absolute atomic E-state index is 5.68. The van der Waals surface area contributed by atoms with Gasteiger partial charge in [0.25, 0.3) is 0 Å². The number of aryl methyl sites for hydroxylation is 1. The minimum atomic E-state index is 0.482. The highest BCUT2D eigenvalue weighted by Gasteiger charge is 2.53. The topological polar surface area (TPSA) is 38.0 Å². The van der Waals surface area contributed by atoms with Crippen molar-refractivity contribution in [1.82, 2.24) is 0 Å². The van der Waals surface area contributed by atoms with Gasteiger partial charge in [-0.1, -0.05) is 12.2 Å². The molecule has 0 aliphatic heterocycles. The van der Waals surface area contributed by atoms with Gasteiger partial charge in [0.1, 0.15) is 4.99 Å². The first-order valence-electron chi connectivity index (χ1n) is 6.75. The predicted molar refractivity (Wildman–Crippen MR) is 79.9 cm³/mol. The summed E-state index contributed by atoms with van der Waals surface area (Å²) in [7, 11) is 0. The second-order valence-corrected chi connectivity index (χ2v) is 6.32. The second kappa shape index (κ2) is 4.23. The van der Waals surface area contributed by atoms with Crippen LogP contribution in [0.3, 0.4) is 0 Å². The highest BCUT2D eigenvalue weighted by atomic mass is 32.1. The number of rotatable bonds is 5. The van der Waals surface area contributed by atoms with Crippen molar-refractivity contribution in [2.24, 2.45) is 17.1 Å². The van der Waals surface area contributed by atoms with Crippen LogP contribution in [-0.2, 0) is 0 Å². The van der Waals surface area contributed by atoms with Crippen LogP contribution in [0.2, 0.25) is 0 Å². The van der Waals surface area contributed by atoms with Gasteiger partial charge < -0.3 is 11.1 Å². The molecule has 2 saturated carbocycles. The lowest BCUT2D eigenvalue weighted by Crippen LogP contribution is -2.17. The summed E-state index contributed by atoms with van der Waals surface area (Å²) in [6.45, 7) is 3.19. The molecule has 3 heteroatoms. The second-order valence-electron chi connectivity index (χ2n) is 5.88. The van der Waals surface area contributed by atoms with Gasteiger partial charge in [-0.05, 0) is 67.7 Å². The summed E-state index contributed by atoms with van der Waals surface area (Å²) in [5.41, 5.74) is 9.65. The Morgan fingerprint density at radius 3 is 2.67 bits per heavy atom. The first kappa shape index (κ1) is 12.0. The lowest BCUT2D eigenvalue weighted by atomic mass is 10.0. The summed E-state index contributed by atoms with van der Waals surface area (Å²) in [5.74, 6) is 1.00. The summed E-state index contributed by atoms with van der Waals surface area (Å²) in [6.07, 6.45) is 5.71. The molecule has 3 rings (SSSR count). The van der Waals surface area contributed by atoms with E-state index in [9.17, 15) is 0 Å². The molecule has 1 aromatic carbocycles. The molecule has 0 saturated heterocycles. The minimum absolute atomic E-state index is 0.482. The summed E-state index contributed by atoms with van der Waals surface area (Å²) in [4.78, 5) is 0.482. The molecule has 0 spiro atoms. The van der Waals surface area contributed by atoms with Gasteiger partial charge in [-0.15, -0.1) is 0 Å². The fourth-order valence-electron chi connectivity index (χ4n) is 2.91. The Labute approximate surface area is 114 Å². The molecular formula is C15H20N2S. The maximum Gasteiger partial charge on any atom is 0.104 e. The number of thiocarbonyl (C=S) groups is 1. The Bertz CT molecular complexity index is 487. The van der Waals surface area contributed by atoms with Crippen molar-refractivity contribution in [1.29, 1.82) is 0 Å². The van der Waals surface area contributed by atoms with E-state index in [1.807, 2.05) is 6.07 Å². The van der Waals surface area contributed by atoms with Crippen LogP contribution in [-0.4, -0.2) is 11.5 Å². The van der Waals surface area contributed by atoms with Crippen LogP contribution in [0, 0.1) is 18.3 Å². The van der Waals surface area contributed by atoms with Crippen LogP contribution in [0.25, 0.3) is 0 Å². The smallest absolute Gasteiger partial charge is 0.104 e. The normalized spacial score (nSPS) is 20.5. The molecule has 0 amide bonds. The van der Waals surface area contributed by atoms with Crippen LogP contribution in [0.1, 0.15) is 36.8 Å². The van der Waals surface area contributed by atoms with Gasteiger partial charge in [0, 0.05) is 17.8 Å². The summed E-state index contributed by atoms with van der Waals surface area (Å²) < 4.78 is 0. The first-order chi connectivity index (χ1) is 8.61. The predicted octanol–water partition coefficient (Wildman–Crippen LogP) is 3.23. The number of nitrogens with one attached hydrogen (secondary N) is 1.